The van der Waals surface area contributed by atoms with E-state index in [0.29, 0.717) is 17.1 Å². The Morgan fingerprint density at radius 1 is 1.08 bits per heavy atom. The Morgan fingerprint density at radius 2 is 1.71 bits per heavy atom. The zero-order valence-corrected chi connectivity index (χ0v) is 13.9. The number of benzene rings is 2. The predicted molar refractivity (Wildman–Crippen MR) is 90.9 cm³/mol. The van der Waals surface area contributed by atoms with Crippen LogP contribution in [-0.2, 0) is 9.59 Å². The van der Waals surface area contributed by atoms with Gasteiger partial charge in [0.2, 0.25) is 5.91 Å². The number of hydrogen-bond acceptors (Lipinski definition) is 3. The number of rotatable bonds is 5. The smallest absolute Gasteiger partial charge is 0.265 e. The molecule has 1 atom stereocenters. The first-order valence-corrected chi connectivity index (χ1v) is 7.53. The molecule has 2 aromatic rings. The molecule has 2 rings (SSSR count). The van der Waals surface area contributed by atoms with E-state index in [0.717, 1.165) is 0 Å². The summed E-state index contributed by atoms with van der Waals surface area (Å²) in [7, 11) is 0. The molecule has 0 radical (unpaired) electrons. The first-order valence-electron chi connectivity index (χ1n) is 7.15. The van der Waals surface area contributed by atoms with Crippen molar-refractivity contribution in [3.05, 3.63) is 53.3 Å². The highest BCUT2D eigenvalue weighted by Crippen LogP contribution is 2.20. The van der Waals surface area contributed by atoms with E-state index in [9.17, 15) is 14.0 Å². The van der Waals surface area contributed by atoms with Gasteiger partial charge in [-0.3, -0.25) is 9.59 Å². The van der Waals surface area contributed by atoms with Crippen molar-refractivity contribution in [1.29, 1.82) is 0 Å². The lowest BCUT2D eigenvalue weighted by Crippen LogP contribution is -2.30. The van der Waals surface area contributed by atoms with Crippen LogP contribution in [0.5, 0.6) is 5.75 Å². The maximum absolute atomic E-state index is 13.1. The van der Waals surface area contributed by atoms with E-state index in [1.54, 1.807) is 31.2 Å². The second-order valence-corrected chi connectivity index (χ2v) is 5.49. The van der Waals surface area contributed by atoms with Gasteiger partial charge in [-0.1, -0.05) is 11.6 Å². The van der Waals surface area contributed by atoms with E-state index < -0.39 is 17.8 Å². The molecule has 0 heterocycles. The third-order valence-corrected chi connectivity index (χ3v) is 3.33. The van der Waals surface area contributed by atoms with Gasteiger partial charge in [0.15, 0.2) is 6.10 Å². The molecule has 0 saturated carbocycles. The Labute approximate surface area is 143 Å². The molecule has 126 valence electrons. The van der Waals surface area contributed by atoms with Gasteiger partial charge in [0, 0.05) is 18.3 Å². The van der Waals surface area contributed by atoms with E-state index in [1.165, 1.54) is 25.1 Å². The number of carbonyl (C=O) groups excluding carboxylic acids is 2. The molecule has 0 saturated heterocycles. The van der Waals surface area contributed by atoms with Gasteiger partial charge < -0.3 is 15.4 Å². The fourth-order valence-electron chi connectivity index (χ4n) is 1.90. The van der Waals surface area contributed by atoms with E-state index in [4.69, 9.17) is 16.3 Å². The molecule has 0 fully saturated rings. The van der Waals surface area contributed by atoms with Gasteiger partial charge in [-0.25, -0.2) is 4.39 Å². The average Bonchev–Trinajstić information content (AvgIpc) is 2.52. The summed E-state index contributed by atoms with van der Waals surface area (Å²) in [5.41, 5.74) is 1.01. The number of anilines is 2. The zero-order chi connectivity index (χ0) is 17.7. The lowest BCUT2D eigenvalue weighted by Gasteiger charge is -2.15. The van der Waals surface area contributed by atoms with Crippen LogP contribution in [0.3, 0.4) is 0 Å². The van der Waals surface area contributed by atoms with Crippen molar-refractivity contribution in [2.24, 2.45) is 0 Å². The van der Waals surface area contributed by atoms with Crippen molar-refractivity contribution in [2.45, 2.75) is 20.0 Å². The van der Waals surface area contributed by atoms with Crippen LogP contribution in [-0.4, -0.2) is 17.9 Å². The number of amides is 2. The van der Waals surface area contributed by atoms with Crippen molar-refractivity contribution >= 4 is 34.8 Å². The van der Waals surface area contributed by atoms with E-state index >= 15 is 0 Å². The minimum absolute atomic E-state index is 0.0741. The molecular formula is C17H16ClFN2O3. The van der Waals surface area contributed by atoms with Gasteiger partial charge >= 0.3 is 0 Å². The summed E-state index contributed by atoms with van der Waals surface area (Å²) in [4.78, 5) is 23.1. The molecule has 0 aliphatic carbocycles. The highest BCUT2D eigenvalue weighted by Gasteiger charge is 2.15. The van der Waals surface area contributed by atoms with Gasteiger partial charge in [-0.05, 0) is 49.4 Å². The van der Waals surface area contributed by atoms with Crippen molar-refractivity contribution in [1.82, 2.24) is 0 Å². The quantitative estimate of drug-likeness (QED) is 0.860. The normalized spacial score (nSPS) is 11.5. The van der Waals surface area contributed by atoms with Crippen molar-refractivity contribution in [2.75, 3.05) is 10.6 Å². The molecule has 5 nitrogen and oxygen atoms in total. The third-order valence-electron chi connectivity index (χ3n) is 3.04. The highest BCUT2D eigenvalue weighted by atomic mass is 35.5. The fraction of sp³-hybridized carbons (Fsp3) is 0.176. The summed E-state index contributed by atoms with van der Waals surface area (Å²) < 4.78 is 18.6. The van der Waals surface area contributed by atoms with Gasteiger partial charge in [0.1, 0.15) is 11.6 Å². The Hall–Kier alpha value is -2.60. The first kappa shape index (κ1) is 17.7. The number of carbonyl (C=O) groups is 2. The van der Waals surface area contributed by atoms with Crippen LogP contribution in [0.1, 0.15) is 13.8 Å². The topological polar surface area (TPSA) is 67.4 Å². The first-order chi connectivity index (χ1) is 11.3. The Kier molecular flexibility index (Phi) is 5.76. The van der Waals surface area contributed by atoms with Gasteiger partial charge in [0.05, 0.1) is 5.02 Å². The lowest BCUT2D eigenvalue weighted by atomic mass is 10.2. The molecule has 0 aliphatic heterocycles. The average molecular weight is 351 g/mol. The fourth-order valence-corrected chi connectivity index (χ4v) is 2.08. The summed E-state index contributed by atoms with van der Waals surface area (Å²) in [6.07, 6.45) is -0.777. The Balaban J connectivity index is 1.95. The summed E-state index contributed by atoms with van der Waals surface area (Å²) >= 11 is 5.67. The molecule has 0 bridgehead atoms. The van der Waals surface area contributed by atoms with Crippen LogP contribution in [0.4, 0.5) is 15.8 Å². The maximum Gasteiger partial charge on any atom is 0.265 e. The Bertz CT molecular complexity index is 750. The maximum atomic E-state index is 13.1. The predicted octanol–water partition coefficient (Wildman–Crippen LogP) is 3.84. The molecule has 0 aliphatic rings. The van der Waals surface area contributed by atoms with Crippen LogP contribution in [0.15, 0.2) is 42.5 Å². The summed E-state index contributed by atoms with van der Waals surface area (Å²) in [6, 6.07) is 10.5. The number of ether oxygens (including phenoxy) is 1. The molecule has 0 spiro atoms. The van der Waals surface area contributed by atoms with Crippen LogP contribution in [0.2, 0.25) is 5.02 Å². The van der Waals surface area contributed by atoms with Crippen LogP contribution >= 0.6 is 11.6 Å². The molecular weight excluding hydrogens is 335 g/mol. The number of halogens is 2. The third kappa shape index (κ3) is 4.96. The second kappa shape index (κ2) is 7.79. The Morgan fingerprint density at radius 3 is 2.29 bits per heavy atom. The summed E-state index contributed by atoms with van der Waals surface area (Å²) in [6.45, 7) is 3.00. The molecule has 2 aromatic carbocycles. The zero-order valence-electron chi connectivity index (χ0n) is 13.1. The molecule has 2 N–H and O–H groups in total. The van der Waals surface area contributed by atoms with Crippen molar-refractivity contribution in [3.63, 3.8) is 0 Å². The highest BCUT2D eigenvalue weighted by molar-refractivity contribution is 6.31. The molecule has 24 heavy (non-hydrogen) atoms. The SMILES string of the molecule is CC(=O)Nc1ccc(OC(C)C(=O)Nc2ccc(F)c(Cl)c2)cc1. The standard InChI is InChI=1S/C17H16ClFN2O3/c1-10(17(23)21-13-5-8-16(19)15(18)9-13)24-14-6-3-12(4-7-14)20-11(2)22/h3-10H,1-2H3,(H,20,22)(H,21,23). The van der Waals surface area contributed by atoms with Gasteiger partial charge in [-0.2, -0.15) is 0 Å². The van der Waals surface area contributed by atoms with Crippen LogP contribution < -0.4 is 15.4 Å². The lowest BCUT2D eigenvalue weighted by molar-refractivity contribution is -0.122. The monoisotopic (exact) mass is 350 g/mol. The minimum atomic E-state index is -0.777. The van der Waals surface area contributed by atoms with E-state index in [-0.39, 0.29) is 10.9 Å². The van der Waals surface area contributed by atoms with E-state index in [1.807, 2.05) is 0 Å². The largest absolute Gasteiger partial charge is 0.481 e. The minimum Gasteiger partial charge on any atom is -0.481 e. The van der Waals surface area contributed by atoms with Crippen molar-refractivity contribution < 1.29 is 18.7 Å². The molecule has 0 aromatic heterocycles. The van der Waals surface area contributed by atoms with Gasteiger partial charge in [0.25, 0.3) is 5.91 Å². The number of hydrogen-bond donors (Lipinski definition) is 2. The molecule has 7 heteroatoms. The van der Waals surface area contributed by atoms with Crippen LogP contribution in [0.25, 0.3) is 0 Å². The van der Waals surface area contributed by atoms with Crippen LogP contribution in [0, 0.1) is 5.82 Å². The second-order valence-electron chi connectivity index (χ2n) is 5.08. The van der Waals surface area contributed by atoms with Crippen molar-refractivity contribution in [3.8, 4) is 5.75 Å². The number of nitrogens with one attached hydrogen (secondary N) is 2. The van der Waals surface area contributed by atoms with E-state index in [2.05, 4.69) is 10.6 Å². The summed E-state index contributed by atoms with van der Waals surface area (Å²) in [5, 5.41) is 5.15. The van der Waals surface area contributed by atoms with Gasteiger partial charge in [-0.15, -0.1) is 0 Å². The molecule has 2 amide bonds. The summed E-state index contributed by atoms with van der Waals surface area (Å²) in [5.74, 6) is -0.653. The molecule has 1 unspecified atom stereocenters.